The number of rotatable bonds is 5. The van der Waals surface area contributed by atoms with Crippen molar-refractivity contribution in [3.63, 3.8) is 0 Å². The van der Waals surface area contributed by atoms with Gasteiger partial charge in [0.05, 0.1) is 13.1 Å². The number of carbonyl (C=O) groups excluding carboxylic acids is 1. The number of ether oxygens (including phenoxy) is 1. The van der Waals surface area contributed by atoms with Crippen LogP contribution in [0.25, 0.3) is 0 Å². The second-order valence-electron chi connectivity index (χ2n) is 4.39. The molecule has 0 aliphatic carbocycles. The molecule has 1 N–H and O–H groups in total. The predicted octanol–water partition coefficient (Wildman–Crippen LogP) is -0.388. The lowest BCUT2D eigenvalue weighted by Crippen LogP contribution is -2.41. The minimum absolute atomic E-state index is 0.0537. The van der Waals surface area contributed by atoms with Gasteiger partial charge >= 0.3 is 6.09 Å². The van der Waals surface area contributed by atoms with Gasteiger partial charge in [-0.1, -0.05) is 0 Å². The van der Waals surface area contributed by atoms with Crippen molar-refractivity contribution in [1.82, 2.24) is 13.9 Å². The van der Waals surface area contributed by atoms with Crippen molar-refractivity contribution in [3.8, 4) is 0 Å². The Morgan fingerprint density at radius 3 is 2.53 bits per heavy atom. The molecule has 8 heteroatoms. The number of hydrogen-bond acceptors (Lipinski definition) is 4. The van der Waals surface area contributed by atoms with Gasteiger partial charge in [0, 0.05) is 20.1 Å². The van der Waals surface area contributed by atoms with Crippen molar-refractivity contribution in [3.05, 3.63) is 0 Å². The van der Waals surface area contributed by atoms with E-state index >= 15 is 0 Å². The van der Waals surface area contributed by atoms with Crippen LogP contribution in [0.3, 0.4) is 0 Å². The van der Waals surface area contributed by atoms with Gasteiger partial charge in [0.25, 0.3) is 10.2 Å². The van der Waals surface area contributed by atoms with Gasteiger partial charge in [-0.3, -0.25) is 0 Å². The molecule has 0 aromatic rings. The highest BCUT2D eigenvalue weighted by Gasteiger charge is 2.33. The Bertz CT molecular complexity index is 380. The summed E-state index contributed by atoms with van der Waals surface area (Å²) in [6.07, 6.45) is -0.825. The van der Waals surface area contributed by atoms with Crippen molar-refractivity contribution in [1.29, 1.82) is 0 Å². The summed E-state index contributed by atoms with van der Waals surface area (Å²) >= 11 is 0. The highest BCUT2D eigenvalue weighted by atomic mass is 32.2. The average molecular weight is 265 g/mol. The normalized spacial score (nSPS) is 21.4. The Morgan fingerprint density at radius 2 is 2.12 bits per heavy atom. The van der Waals surface area contributed by atoms with Crippen LogP contribution in [0, 0.1) is 0 Å². The van der Waals surface area contributed by atoms with Crippen molar-refractivity contribution in [2.75, 3.05) is 27.2 Å². The lowest BCUT2D eigenvalue weighted by molar-refractivity contribution is 0.130. The molecule has 1 heterocycles. The molecule has 0 aromatic heterocycles. The van der Waals surface area contributed by atoms with Crippen LogP contribution in [0.15, 0.2) is 0 Å². The molecule has 17 heavy (non-hydrogen) atoms. The summed E-state index contributed by atoms with van der Waals surface area (Å²) in [6, 6.07) is 0.0537. The molecule has 1 aliphatic rings. The van der Waals surface area contributed by atoms with E-state index in [1.54, 1.807) is 4.90 Å². The molecular formula is C9H19N3O4S. The monoisotopic (exact) mass is 265 g/mol. The molecule has 1 rings (SSSR count). The first-order valence-electron chi connectivity index (χ1n) is 5.38. The molecule has 100 valence electrons. The third kappa shape index (κ3) is 3.55. The molecule has 0 spiro atoms. The van der Waals surface area contributed by atoms with Gasteiger partial charge < -0.3 is 9.64 Å². The summed E-state index contributed by atoms with van der Waals surface area (Å²) in [5.74, 6) is 0. The summed E-state index contributed by atoms with van der Waals surface area (Å²) in [5.41, 5.74) is 0. The number of amides is 1. The van der Waals surface area contributed by atoms with E-state index in [2.05, 4.69) is 4.72 Å². The topological polar surface area (TPSA) is 79.0 Å². The van der Waals surface area contributed by atoms with Crippen LogP contribution in [-0.2, 0) is 14.9 Å². The number of cyclic esters (lactones) is 1. The smallest absolute Gasteiger partial charge is 0.410 e. The third-order valence-corrected chi connectivity index (χ3v) is 3.99. The fourth-order valence-corrected chi connectivity index (χ4v) is 2.05. The molecule has 1 saturated heterocycles. The van der Waals surface area contributed by atoms with Crippen LogP contribution in [0.4, 0.5) is 4.79 Å². The SMILES string of the molecule is CC(C)N1CC(CNS(=O)(=O)N(C)C)OC1=O. The summed E-state index contributed by atoms with van der Waals surface area (Å²) in [5, 5.41) is 0. The van der Waals surface area contributed by atoms with Gasteiger partial charge in [0.1, 0.15) is 6.10 Å². The van der Waals surface area contributed by atoms with Crippen LogP contribution < -0.4 is 4.72 Å². The highest BCUT2D eigenvalue weighted by Crippen LogP contribution is 2.13. The number of nitrogens with zero attached hydrogens (tertiary/aromatic N) is 2. The van der Waals surface area contributed by atoms with Crippen molar-refractivity contribution >= 4 is 16.3 Å². The lowest BCUT2D eigenvalue weighted by atomic mass is 10.3. The van der Waals surface area contributed by atoms with Crippen molar-refractivity contribution in [2.45, 2.75) is 26.0 Å². The molecule has 0 aromatic carbocycles. The summed E-state index contributed by atoms with van der Waals surface area (Å²) in [6.45, 7) is 4.27. The molecular weight excluding hydrogens is 246 g/mol. The summed E-state index contributed by atoms with van der Waals surface area (Å²) < 4.78 is 31.4. The third-order valence-electron chi connectivity index (χ3n) is 2.50. The van der Waals surface area contributed by atoms with E-state index in [0.717, 1.165) is 4.31 Å². The average Bonchev–Trinajstić information content (AvgIpc) is 2.57. The second kappa shape index (κ2) is 5.19. The largest absolute Gasteiger partial charge is 0.443 e. The van der Waals surface area contributed by atoms with E-state index in [1.807, 2.05) is 13.8 Å². The van der Waals surface area contributed by atoms with Gasteiger partial charge in [-0.2, -0.15) is 17.4 Å². The molecule has 1 fully saturated rings. The standard InChI is InChI=1S/C9H19N3O4S/c1-7(2)12-6-8(16-9(12)13)5-10-17(14,15)11(3)4/h7-8,10H,5-6H2,1-4H3. The molecule has 1 atom stereocenters. The van der Waals surface area contributed by atoms with E-state index in [9.17, 15) is 13.2 Å². The molecule has 1 unspecified atom stereocenters. The maximum atomic E-state index is 11.4. The van der Waals surface area contributed by atoms with Gasteiger partial charge in [-0.05, 0) is 13.8 Å². The van der Waals surface area contributed by atoms with E-state index in [0.29, 0.717) is 6.54 Å². The Kier molecular flexibility index (Phi) is 4.34. The van der Waals surface area contributed by atoms with Crippen LogP contribution in [-0.4, -0.2) is 63.0 Å². The van der Waals surface area contributed by atoms with Crippen LogP contribution in [0.1, 0.15) is 13.8 Å². The minimum Gasteiger partial charge on any atom is -0.443 e. The molecule has 7 nitrogen and oxygen atoms in total. The zero-order valence-electron chi connectivity index (χ0n) is 10.5. The van der Waals surface area contributed by atoms with Crippen LogP contribution in [0.5, 0.6) is 0 Å². The number of carbonyl (C=O) groups is 1. The van der Waals surface area contributed by atoms with Crippen LogP contribution >= 0.6 is 0 Å². The highest BCUT2D eigenvalue weighted by molar-refractivity contribution is 7.87. The zero-order chi connectivity index (χ0) is 13.2. The van der Waals surface area contributed by atoms with Gasteiger partial charge in [-0.15, -0.1) is 0 Å². The maximum Gasteiger partial charge on any atom is 0.410 e. The first-order valence-corrected chi connectivity index (χ1v) is 6.82. The first-order chi connectivity index (χ1) is 7.74. The fraction of sp³-hybridized carbons (Fsp3) is 0.889. The Hall–Kier alpha value is -0.860. The van der Waals surface area contributed by atoms with Gasteiger partial charge in [0.15, 0.2) is 0 Å². The molecule has 1 amide bonds. The maximum absolute atomic E-state index is 11.4. The Labute approximate surface area is 102 Å². The summed E-state index contributed by atoms with van der Waals surface area (Å²) in [4.78, 5) is 13.0. The quantitative estimate of drug-likeness (QED) is 0.734. The Morgan fingerprint density at radius 1 is 1.53 bits per heavy atom. The predicted molar refractivity (Wildman–Crippen MR) is 62.7 cm³/mol. The fourth-order valence-electron chi connectivity index (χ4n) is 1.40. The first kappa shape index (κ1) is 14.2. The molecule has 0 bridgehead atoms. The Balaban J connectivity index is 2.49. The lowest BCUT2D eigenvalue weighted by Gasteiger charge is -2.17. The second-order valence-corrected chi connectivity index (χ2v) is 6.36. The summed E-state index contributed by atoms with van der Waals surface area (Å²) in [7, 11) is -0.599. The molecule has 0 saturated carbocycles. The number of hydrogen-bond donors (Lipinski definition) is 1. The molecule has 0 radical (unpaired) electrons. The van der Waals surface area contributed by atoms with Gasteiger partial charge in [-0.25, -0.2) is 4.79 Å². The van der Waals surface area contributed by atoms with Crippen molar-refractivity contribution in [2.24, 2.45) is 0 Å². The van der Waals surface area contributed by atoms with E-state index in [1.165, 1.54) is 14.1 Å². The number of nitrogens with one attached hydrogen (secondary N) is 1. The van der Waals surface area contributed by atoms with E-state index in [4.69, 9.17) is 4.74 Å². The minimum atomic E-state index is -3.47. The van der Waals surface area contributed by atoms with Crippen molar-refractivity contribution < 1.29 is 17.9 Å². The zero-order valence-corrected chi connectivity index (χ0v) is 11.3. The van der Waals surface area contributed by atoms with E-state index in [-0.39, 0.29) is 12.6 Å². The van der Waals surface area contributed by atoms with Crippen LogP contribution in [0.2, 0.25) is 0 Å². The van der Waals surface area contributed by atoms with E-state index < -0.39 is 22.4 Å². The van der Waals surface area contributed by atoms with Gasteiger partial charge in [0.2, 0.25) is 0 Å². The molecule has 1 aliphatic heterocycles.